The Balaban J connectivity index is 1.85. The number of fused-ring (bicyclic) bond motifs is 2. The number of anilines is 1. The molecule has 0 atom stereocenters. The van der Waals surface area contributed by atoms with E-state index in [1.54, 1.807) is 25.1 Å². The maximum Gasteiger partial charge on any atom is 0.417 e. The molecule has 7 nitrogen and oxygen atoms in total. The van der Waals surface area contributed by atoms with E-state index in [-0.39, 0.29) is 16.1 Å². The molecule has 30 heavy (non-hydrogen) atoms. The maximum atomic E-state index is 13.4. The molecule has 154 valence electrons. The summed E-state index contributed by atoms with van der Waals surface area (Å²) in [6.45, 7) is 1.69. The second kappa shape index (κ2) is 6.80. The summed E-state index contributed by atoms with van der Waals surface area (Å²) in [7, 11) is -4.24. The molecule has 0 spiro atoms. The summed E-state index contributed by atoms with van der Waals surface area (Å²) in [5.41, 5.74) is -1.03. The third-order valence-corrected chi connectivity index (χ3v) is 5.79. The van der Waals surface area contributed by atoms with E-state index in [1.807, 2.05) is 0 Å². The Labute approximate surface area is 167 Å². The number of nitrogens with one attached hydrogen (secondary N) is 2. The van der Waals surface area contributed by atoms with Gasteiger partial charge in [-0.25, -0.2) is 8.42 Å². The Morgan fingerprint density at radius 2 is 1.77 bits per heavy atom. The number of aromatic nitrogens is 3. The molecule has 0 bridgehead atoms. The maximum absolute atomic E-state index is 13.4. The third kappa shape index (κ3) is 3.59. The Morgan fingerprint density at radius 1 is 1.00 bits per heavy atom. The zero-order valence-electron chi connectivity index (χ0n) is 15.3. The average molecular weight is 434 g/mol. The first-order chi connectivity index (χ1) is 14.0. The van der Waals surface area contributed by atoms with Gasteiger partial charge in [-0.1, -0.05) is 6.07 Å². The minimum absolute atomic E-state index is 0.121. The predicted molar refractivity (Wildman–Crippen MR) is 105 cm³/mol. The van der Waals surface area contributed by atoms with Crippen LogP contribution >= 0.6 is 0 Å². The first kappa shape index (κ1) is 19.8. The third-order valence-electron chi connectivity index (χ3n) is 4.43. The molecule has 0 aliphatic heterocycles. The van der Waals surface area contributed by atoms with Crippen molar-refractivity contribution in [2.24, 2.45) is 0 Å². The number of aryl methyl sites for hydroxylation is 1. The molecule has 2 aromatic carbocycles. The summed E-state index contributed by atoms with van der Waals surface area (Å²) in [5.74, 6) is 0. The molecule has 4 aromatic rings. The number of benzene rings is 2. The van der Waals surface area contributed by atoms with Gasteiger partial charge in [0.1, 0.15) is 0 Å². The predicted octanol–water partition coefficient (Wildman–Crippen LogP) is 3.60. The average Bonchev–Trinajstić information content (AvgIpc) is 2.66. The van der Waals surface area contributed by atoms with Crippen molar-refractivity contribution in [2.75, 3.05) is 4.72 Å². The Morgan fingerprint density at radius 3 is 2.50 bits per heavy atom. The lowest BCUT2D eigenvalue weighted by Gasteiger charge is -2.13. The molecular formula is C19H13F3N4O3S. The van der Waals surface area contributed by atoms with Crippen LogP contribution in [-0.2, 0) is 16.2 Å². The van der Waals surface area contributed by atoms with Crippen molar-refractivity contribution >= 4 is 37.5 Å². The van der Waals surface area contributed by atoms with Crippen molar-refractivity contribution < 1.29 is 21.6 Å². The highest BCUT2D eigenvalue weighted by Crippen LogP contribution is 2.34. The van der Waals surface area contributed by atoms with E-state index in [9.17, 15) is 26.4 Å². The van der Waals surface area contributed by atoms with Crippen LogP contribution in [-0.4, -0.2) is 23.6 Å². The second-order valence-corrected chi connectivity index (χ2v) is 8.26. The summed E-state index contributed by atoms with van der Waals surface area (Å²) in [4.78, 5) is 13.4. The van der Waals surface area contributed by atoms with Gasteiger partial charge in [0.2, 0.25) is 5.56 Å². The van der Waals surface area contributed by atoms with E-state index >= 15 is 0 Å². The van der Waals surface area contributed by atoms with Gasteiger partial charge < -0.3 is 4.98 Å². The van der Waals surface area contributed by atoms with Crippen LogP contribution in [0.3, 0.4) is 0 Å². The number of nitrogens with zero attached hydrogens (tertiary/aromatic N) is 2. The lowest BCUT2D eigenvalue weighted by Crippen LogP contribution is -2.16. The van der Waals surface area contributed by atoms with Gasteiger partial charge in [-0.3, -0.25) is 9.52 Å². The molecule has 0 amide bonds. The quantitative estimate of drug-likeness (QED) is 0.513. The van der Waals surface area contributed by atoms with E-state index in [2.05, 4.69) is 19.9 Å². The van der Waals surface area contributed by atoms with E-state index in [4.69, 9.17) is 0 Å². The standard InChI is InChI=1S/C19H13F3N4O3S/c1-10-7-13-16(25-24-10)3-2-4-17(13)26-30(28,29)11-5-6-15-12(8-11)14(19(20,21)22)9-18(27)23-15/h2-9,26H,1H3,(H,23,27). The fourth-order valence-electron chi connectivity index (χ4n) is 3.09. The largest absolute Gasteiger partial charge is 0.417 e. The fraction of sp³-hybridized carbons (Fsp3) is 0.105. The van der Waals surface area contributed by atoms with Crippen LogP contribution in [0, 0.1) is 6.92 Å². The first-order valence-corrected chi connectivity index (χ1v) is 10.0. The number of alkyl halides is 3. The number of hydrogen-bond acceptors (Lipinski definition) is 5. The highest BCUT2D eigenvalue weighted by molar-refractivity contribution is 7.92. The molecule has 0 unspecified atom stereocenters. The van der Waals surface area contributed by atoms with E-state index < -0.39 is 32.7 Å². The number of halogens is 3. The Kier molecular flexibility index (Phi) is 4.49. The number of rotatable bonds is 3. The van der Waals surface area contributed by atoms with Crippen molar-refractivity contribution in [1.82, 2.24) is 15.2 Å². The topological polar surface area (TPSA) is 105 Å². The molecule has 0 radical (unpaired) electrons. The summed E-state index contributed by atoms with van der Waals surface area (Å²) in [5, 5.41) is 7.97. The smallest absolute Gasteiger partial charge is 0.322 e. The number of pyridine rings is 1. The van der Waals surface area contributed by atoms with Crippen LogP contribution in [0.15, 0.2) is 58.2 Å². The van der Waals surface area contributed by atoms with Gasteiger partial charge in [0.25, 0.3) is 10.0 Å². The highest BCUT2D eigenvalue weighted by Gasteiger charge is 2.33. The Hall–Kier alpha value is -3.47. The summed E-state index contributed by atoms with van der Waals surface area (Å²) < 4.78 is 68.3. The van der Waals surface area contributed by atoms with E-state index in [1.165, 1.54) is 6.07 Å². The van der Waals surface area contributed by atoms with Crippen LogP contribution in [0.4, 0.5) is 18.9 Å². The van der Waals surface area contributed by atoms with Crippen molar-refractivity contribution in [3.05, 3.63) is 70.1 Å². The molecule has 2 aromatic heterocycles. The molecule has 11 heteroatoms. The molecule has 0 aliphatic rings. The van der Waals surface area contributed by atoms with Crippen LogP contribution in [0.25, 0.3) is 21.8 Å². The van der Waals surface area contributed by atoms with Gasteiger partial charge in [0.05, 0.1) is 27.4 Å². The van der Waals surface area contributed by atoms with E-state index in [0.29, 0.717) is 22.7 Å². The van der Waals surface area contributed by atoms with Crippen LogP contribution < -0.4 is 10.3 Å². The summed E-state index contributed by atoms with van der Waals surface area (Å²) in [6, 6.07) is 9.92. The van der Waals surface area contributed by atoms with Gasteiger partial charge in [0, 0.05) is 22.4 Å². The molecule has 0 aliphatic carbocycles. The molecule has 0 saturated heterocycles. The fourth-order valence-corrected chi connectivity index (χ4v) is 4.20. The van der Waals surface area contributed by atoms with Crippen molar-refractivity contribution in [1.29, 1.82) is 0 Å². The van der Waals surface area contributed by atoms with Crippen molar-refractivity contribution in [2.45, 2.75) is 18.0 Å². The summed E-state index contributed by atoms with van der Waals surface area (Å²) in [6.07, 6.45) is -4.83. The highest BCUT2D eigenvalue weighted by atomic mass is 32.2. The number of hydrogen-bond donors (Lipinski definition) is 2. The first-order valence-electron chi connectivity index (χ1n) is 8.55. The molecule has 0 saturated carbocycles. The van der Waals surface area contributed by atoms with Gasteiger partial charge in [-0.2, -0.15) is 23.4 Å². The number of aromatic amines is 1. The van der Waals surface area contributed by atoms with Crippen LogP contribution in [0.1, 0.15) is 11.3 Å². The van der Waals surface area contributed by atoms with Crippen LogP contribution in [0.5, 0.6) is 0 Å². The molecule has 0 fully saturated rings. The minimum atomic E-state index is -4.83. The van der Waals surface area contributed by atoms with Gasteiger partial charge in [-0.05, 0) is 43.3 Å². The lowest BCUT2D eigenvalue weighted by atomic mass is 10.1. The zero-order valence-corrected chi connectivity index (χ0v) is 16.1. The normalized spacial score (nSPS) is 12.4. The minimum Gasteiger partial charge on any atom is -0.322 e. The summed E-state index contributed by atoms with van der Waals surface area (Å²) >= 11 is 0. The van der Waals surface area contributed by atoms with Crippen molar-refractivity contribution in [3.8, 4) is 0 Å². The molecular weight excluding hydrogens is 421 g/mol. The number of H-pyrrole nitrogens is 1. The van der Waals surface area contributed by atoms with Gasteiger partial charge in [0.15, 0.2) is 0 Å². The van der Waals surface area contributed by atoms with Crippen LogP contribution in [0.2, 0.25) is 0 Å². The lowest BCUT2D eigenvalue weighted by molar-refractivity contribution is -0.136. The number of sulfonamides is 1. The zero-order chi connectivity index (χ0) is 21.7. The monoisotopic (exact) mass is 434 g/mol. The van der Waals surface area contributed by atoms with Gasteiger partial charge in [-0.15, -0.1) is 0 Å². The molecule has 4 rings (SSSR count). The SMILES string of the molecule is Cc1cc2c(NS(=O)(=O)c3ccc4[nH]c(=O)cc(C(F)(F)F)c4c3)cccc2nn1. The second-order valence-electron chi connectivity index (χ2n) is 6.58. The van der Waals surface area contributed by atoms with Crippen molar-refractivity contribution in [3.63, 3.8) is 0 Å². The molecule has 2 N–H and O–H groups in total. The van der Waals surface area contributed by atoms with Gasteiger partial charge >= 0.3 is 6.18 Å². The van der Waals surface area contributed by atoms with E-state index in [0.717, 1.165) is 18.2 Å². The Bertz CT molecular complexity index is 1460. The molecule has 2 heterocycles.